The van der Waals surface area contributed by atoms with Gasteiger partial charge in [0.1, 0.15) is 0 Å². The summed E-state index contributed by atoms with van der Waals surface area (Å²) >= 11 is 0. The average molecular weight is 173 g/mol. The fourth-order valence-corrected chi connectivity index (χ4v) is 0.750. The molecule has 1 aromatic rings. The summed E-state index contributed by atoms with van der Waals surface area (Å²) in [6.45, 7) is 0. The van der Waals surface area contributed by atoms with Gasteiger partial charge in [-0.2, -0.15) is 0 Å². The van der Waals surface area contributed by atoms with E-state index in [-0.39, 0.29) is 0 Å². The lowest BCUT2D eigenvalue weighted by molar-refractivity contribution is 1.65. The van der Waals surface area contributed by atoms with Gasteiger partial charge < -0.3 is 6.42 Å². The number of hydrogen-bond acceptors (Lipinski definition) is 0. The first-order valence-electron chi connectivity index (χ1n) is 3.91. The summed E-state index contributed by atoms with van der Waals surface area (Å²) in [5.74, 6) is 17.2. The molecule has 0 amide bonds. The summed E-state index contributed by atoms with van der Waals surface area (Å²) in [6.07, 6.45) is 6.49. The minimum absolute atomic E-state index is 0.924. The topological polar surface area (TPSA) is 0 Å². The first-order chi connectivity index (χ1) is 6.93. The monoisotopic (exact) mass is 173 g/mol. The molecule has 0 heterocycles. The predicted octanol–water partition coefficient (Wildman–Crippen LogP) is 1.63. The van der Waals surface area contributed by atoms with Crippen LogP contribution in [0.3, 0.4) is 0 Å². The molecule has 0 aliphatic rings. The fourth-order valence-electron chi connectivity index (χ4n) is 0.750. The van der Waals surface area contributed by atoms with Gasteiger partial charge in [-0.05, 0) is 29.9 Å². The Labute approximate surface area is 84.3 Å². The van der Waals surface area contributed by atoms with Crippen LogP contribution < -0.4 is 0 Å². The summed E-state index contributed by atoms with van der Waals surface area (Å²) < 4.78 is 0. The molecule has 0 heteroatoms. The highest BCUT2D eigenvalue weighted by atomic mass is 13.8. The minimum atomic E-state index is 0.924. The molecule has 0 unspecified atom stereocenters. The summed E-state index contributed by atoms with van der Waals surface area (Å²) in [4.78, 5) is 0. The Hall–Kier alpha value is -2.54. The third kappa shape index (κ3) is 3.74. The molecule has 0 nitrogen and oxygen atoms in total. The Morgan fingerprint density at radius 1 is 0.786 bits per heavy atom. The van der Waals surface area contributed by atoms with Crippen LogP contribution in [0.5, 0.6) is 0 Å². The molecule has 0 aliphatic carbocycles. The molecule has 1 aromatic carbocycles. The van der Waals surface area contributed by atoms with Crippen LogP contribution in [0.15, 0.2) is 30.3 Å². The van der Waals surface area contributed by atoms with E-state index in [1.807, 2.05) is 36.3 Å². The lowest BCUT2D eigenvalue weighted by Crippen LogP contribution is -1.68. The van der Waals surface area contributed by atoms with E-state index in [1.54, 1.807) is 0 Å². The second-order valence-electron chi connectivity index (χ2n) is 2.24. The molecule has 0 N–H and O–H groups in total. The van der Waals surface area contributed by atoms with E-state index < -0.39 is 0 Å². The Balaban J connectivity index is 2.66. The van der Waals surface area contributed by atoms with Gasteiger partial charge in [-0.1, -0.05) is 24.1 Å². The molecule has 0 spiro atoms. The molecule has 0 atom stereocenters. The van der Waals surface area contributed by atoms with Crippen LogP contribution in [-0.4, -0.2) is 0 Å². The second kappa shape index (κ2) is 6.03. The summed E-state index contributed by atoms with van der Waals surface area (Å²) in [5.41, 5.74) is 0.924. The van der Waals surface area contributed by atoms with Crippen molar-refractivity contribution in [2.24, 2.45) is 0 Å². The fraction of sp³-hybridized carbons (Fsp3) is 0. The quantitative estimate of drug-likeness (QED) is 0.413. The van der Waals surface area contributed by atoms with Gasteiger partial charge in [0.05, 0.1) is 0 Å². The van der Waals surface area contributed by atoms with Crippen molar-refractivity contribution in [2.45, 2.75) is 0 Å². The SMILES string of the molecule is [C-]#CC#CC#CC#Cc1ccccc1. The molecule has 0 aliphatic heterocycles. The maximum Gasteiger partial charge on any atom is 0.0255 e. The Bertz CT molecular complexity index is 508. The standard InChI is InChI=1S/C14H5/c1-2-3-4-5-6-8-11-14-12-9-7-10-13-14/h7,9-10,12-13H/q-1. The van der Waals surface area contributed by atoms with Crippen molar-refractivity contribution in [3.63, 3.8) is 0 Å². The zero-order chi connectivity index (χ0) is 10.1. The molecule has 62 valence electrons. The maximum absolute atomic E-state index is 6.49. The van der Waals surface area contributed by atoms with Crippen molar-refractivity contribution in [3.8, 4) is 41.4 Å². The van der Waals surface area contributed by atoms with E-state index in [0.29, 0.717) is 0 Å². The molecular formula is C14H5-. The number of rotatable bonds is 0. The Morgan fingerprint density at radius 2 is 1.43 bits per heavy atom. The van der Waals surface area contributed by atoms with E-state index >= 15 is 0 Å². The van der Waals surface area contributed by atoms with Gasteiger partial charge in [0.15, 0.2) is 0 Å². The van der Waals surface area contributed by atoms with Crippen molar-refractivity contribution in [3.05, 3.63) is 42.3 Å². The summed E-state index contributed by atoms with van der Waals surface area (Å²) in [6, 6.07) is 9.59. The second-order valence-corrected chi connectivity index (χ2v) is 2.24. The third-order valence-corrected chi connectivity index (χ3v) is 1.29. The molecule has 0 bridgehead atoms. The van der Waals surface area contributed by atoms with Crippen LogP contribution in [-0.2, 0) is 0 Å². The lowest BCUT2D eigenvalue weighted by atomic mass is 10.2. The van der Waals surface area contributed by atoms with Crippen LogP contribution >= 0.6 is 0 Å². The minimum Gasteiger partial charge on any atom is -0.358 e. The van der Waals surface area contributed by atoms with E-state index in [0.717, 1.165) is 5.56 Å². The molecule has 0 fully saturated rings. The van der Waals surface area contributed by atoms with Crippen molar-refractivity contribution in [2.75, 3.05) is 0 Å². The van der Waals surface area contributed by atoms with Crippen molar-refractivity contribution < 1.29 is 0 Å². The van der Waals surface area contributed by atoms with Gasteiger partial charge in [0.25, 0.3) is 0 Å². The largest absolute Gasteiger partial charge is 0.358 e. The molecule has 14 heavy (non-hydrogen) atoms. The average Bonchev–Trinajstić information content (AvgIpc) is 2.25. The van der Waals surface area contributed by atoms with Crippen LogP contribution in [0.1, 0.15) is 5.56 Å². The van der Waals surface area contributed by atoms with Crippen LogP contribution in [0, 0.1) is 47.9 Å². The third-order valence-electron chi connectivity index (χ3n) is 1.29. The summed E-state index contributed by atoms with van der Waals surface area (Å²) in [5, 5.41) is 0. The Kier molecular flexibility index (Phi) is 4.11. The predicted molar refractivity (Wildman–Crippen MR) is 56.0 cm³/mol. The lowest BCUT2D eigenvalue weighted by Gasteiger charge is -1.83. The highest BCUT2D eigenvalue weighted by Gasteiger charge is 1.78. The zero-order valence-electron chi connectivity index (χ0n) is 7.39. The smallest absolute Gasteiger partial charge is 0.0255 e. The first kappa shape index (κ1) is 9.55. The van der Waals surface area contributed by atoms with Gasteiger partial charge in [0, 0.05) is 5.56 Å². The first-order valence-corrected chi connectivity index (χ1v) is 3.91. The summed E-state index contributed by atoms with van der Waals surface area (Å²) in [7, 11) is 0. The van der Waals surface area contributed by atoms with Crippen molar-refractivity contribution in [1.82, 2.24) is 0 Å². The number of benzene rings is 1. The van der Waals surface area contributed by atoms with Gasteiger partial charge in [-0.15, -0.1) is 5.92 Å². The molecule has 0 radical (unpaired) electrons. The van der Waals surface area contributed by atoms with Crippen LogP contribution in [0.25, 0.3) is 0 Å². The van der Waals surface area contributed by atoms with Gasteiger partial charge >= 0.3 is 0 Å². The highest BCUT2D eigenvalue weighted by Crippen LogP contribution is 1.93. The molecule has 0 saturated carbocycles. The Morgan fingerprint density at radius 3 is 2.14 bits per heavy atom. The molecule has 1 rings (SSSR count). The number of hydrogen-bond donors (Lipinski definition) is 0. The zero-order valence-corrected chi connectivity index (χ0v) is 7.39. The van der Waals surface area contributed by atoms with E-state index in [1.165, 1.54) is 0 Å². The normalized spacial score (nSPS) is 6.21. The van der Waals surface area contributed by atoms with Crippen molar-refractivity contribution >= 4 is 0 Å². The van der Waals surface area contributed by atoms with E-state index in [9.17, 15) is 0 Å². The molecular weight excluding hydrogens is 168 g/mol. The van der Waals surface area contributed by atoms with Gasteiger partial charge in [-0.25, -0.2) is 5.92 Å². The molecule has 0 saturated heterocycles. The van der Waals surface area contributed by atoms with Crippen LogP contribution in [0.4, 0.5) is 0 Å². The maximum atomic E-state index is 6.49. The van der Waals surface area contributed by atoms with E-state index in [4.69, 9.17) is 6.42 Å². The van der Waals surface area contributed by atoms with Crippen molar-refractivity contribution in [1.29, 1.82) is 0 Å². The van der Waals surface area contributed by atoms with Gasteiger partial charge in [0.2, 0.25) is 0 Å². The van der Waals surface area contributed by atoms with E-state index in [2.05, 4.69) is 35.5 Å². The van der Waals surface area contributed by atoms with Gasteiger partial charge in [-0.3, -0.25) is 5.92 Å². The molecule has 0 aromatic heterocycles. The van der Waals surface area contributed by atoms with Crippen LogP contribution in [0.2, 0.25) is 0 Å². The highest BCUT2D eigenvalue weighted by molar-refractivity contribution is 5.43.